The van der Waals surface area contributed by atoms with Crippen molar-refractivity contribution in [2.75, 3.05) is 19.3 Å². The van der Waals surface area contributed by atoms with E-state index >= 15 is 0 Å². The zero-order valence-corrected chi connectivity index (χ0v) is 13.4. The van der Waals surface area contributed by atoms with E-state index in [1.165, 1.54) is 24.3 Å². The van der Waals surface area contributed by atoms with E-state index in [9.17, 15) is 8.42 Å². The van der Waals surface area contributed by atoms with Gasteiger partial charge in [-0.25, -0.2) is 8.42 Å². The second-order valence-corrected chi connectivity index (χ2v) is 7.24. The van der Waals surface area contributed by atoms with Gasteiger partial charge in [-0.3, -0.25) is 4.90 Å². The molecule has 0 aliphatic rings. The smallest absolute Gasteiger partial charge is 0.179 e. The average Bonchev–Trinajstić information content (AvgIpc) is 3.06. The van der Waals surface area contributed by atoms with Crippen LogP contribution in [0.3, 0.4) is 0 Å². The summed E-state index contributed by atoms with van der Waals surface area (Å²) in [6, 6.07) is 11.6. The fraction of sp³-hybridized carbons (Fsp3) is 0.312. The lowest BCUT2D eigenvalue weighted by Gasteiger charge is -2.22. The van der Waals surface area contributed by atoms with Crippen LogP contribution >= 0.6 is 0 Å². The number of hydrogen-bond acceptors (Lipinski definition) is 5. The summed E-state index contributed by atoms with van der Waals surface area (Å²) in [6.45, 7) is 2.36. The molecule has 1 aromatic heterocycles. The highest BCUT2D eigenvalue weighted by molar-refractivity contribution is 7.91. The van der Waals surface area contributed by atoms with E-state index in [1.807, 2.05) is 37.1 Å². The molecular weight excluding hydrogens is 300 g/mol. The van der Waals surface area contributed by atoms with Gasteiger partial charge in [0.15, 0.2) is 9.84 Å². The highest BCUT2D eigenvalue weighted by Gasteiger charge is 2.19. The van der Waals surface area contributed by atoms with Crippen LogP contribution in [0.4, 0.5) is 0 Å². The van der Waals surface area contributed by atoms with Crippen molar-refractivity contribution >= 4 is 9.84 Å². The largest absolute Gasteiger partial charge is 0.468 e. The normalized spacial score (nSPS) is 13.0. The average molecular weight is 318 g/mol. The van der Waals surface area contributed by atoms with Gasteiger partial charge in [0.05, 0.1) is 34.6 Å². The van der Waals surface area contributed by atoms with Gasteiger partial charge >= 0.3 is 0 Å². The van der Waals surface area contributed by atoms with Crippen LogP contribution in [0.5, 0.6) is 0 Å². The Labute approximate surface area is 130 Å². The first kappa shape index (κ1) is 16.3. The molecule has 6 heteroatoms. The summed E-state index contributed by atoms with van der Waals surface area (Å²) >= 11 is 0. The third kappa shape index (κ3) is 3.75. The quantitative estimate of drug-likeness (QED) is 0.818. The molecule has 0 aliphatic heterocycles. The lowest BCUT2D eigenvalue weighted by molar-refractivity contribution is 0.243. The molecule has 0 radical (unpaired) electrons. The summed E-state index contributed by atoms with van der Waals surface area (Å²) in [5, 5.41) is 8.74. The van der Waals surface area contributed by atoms with Gasteiger partial charge in [-0.05, 0) is 50.4 Å². The molecule has 0 unspecified atom stereocenters. The number of rotatable bonds is 6. The van der Waals surface area contributed by atoms with E-state index in [0.717, 1.165) is 5.76 Å². The molecule has 22 heavy (non-hydrogen) atoms. The molecule has 0 N–H and O–H groups in total. The van der Waals surface area contributed by atoms with E-state index in [-0.39, 0.29) is 16.7 Å². The van der Waals surface area contributed by atoms with E-state index in [2.05, 4.69) is 0 Å². The minimum atomic E-state index is -3.36. The van der Waals surface area contributed by atoms with Crippen molar-refractivity contribution in [3.63, 3.8) is 0 Å². The SMILES string of the molecule is C[C@H](c1ccco1)N(C)CCS(=O)(=O)c1ccc(C#N)cc1. The Morgan fingerprint density at radius 3 is 2.50 bits per heavy atom. The van der Waals surface area contributed by atoms with Gasteiger partial charge in [0.2, 0.25) is 0 Å². The zero-order valence-electron chi connectivity index (χ0n) is 12.6. The Hall–Kier alpha value is -2.10. The minimum absolute atomic E-state index is 0.00571. The van der Waals surface area contributed by atoms with E-state index in [4.69, 9.17) is 9.68 Å². The number of sulfone groups is 1. The first-order chi connectivity index (χ1) is 10.4. The number of hydrogen-bond donors (Lipinski definition) is 0. The van der Waals surface area contributed by atoms with Crippen LogP contribution in [0, 0.1) is 11.3 Å². The molecule has 1 atom stereocenters. The maximum atomic E-state index is 12.3. The Bertz CT molecular complexity index is 744. The standard InChI is InChI=1S/C16H18N2O3S/c1-13(16-4-3-10-21-16)18(2)9-11-22(19,20)15-7-5-14(12-17)6-8-15/h3-8,10,13H,9,11H2,1-2H3/t13-/m1/s1. The molecule has 116 valence electrons. The van der Waals surface area contributed by atoms with E-state index in [0.29, 0.717) is 12.1 Å². The summed E-state index contributed by atoms with van der Waals surface area (Å²) in [4.78, 5) is 2.17. The molecule has 2 aromatic rings. The zero-order chi connectivity index (χ0) is 16.2. The van der Waals surface area contributed by atoms with Crippen molar-refractivity contribution < 1.29 is 12.8 Å². The molecule has 2 rings (SSSR count). The minimum Gasteiger partial charge on any atom is -0.468 e. The summed E-state index contributed by atoms with van der Waals surface area (Å²) in [5.41, 5.74) is 0.447. The summed E-state index contributed by atoms with van der Waals surface area (Å²) in [6.07, 6.45) is 1.60. The Morgan fingerprint density at radius 1 is 1.27 bits per heavy atom. The van der Waals surface area contributed by atoms with Crippen LogP contribution in [0.2, 0.25) is 0 Å². The van der Waals surface area contributed by atoms with E-state index < -0.39 is 9.84 Å². The number of nitrogens with zero attached hydrogens (tertiary/aromatic N) is 2. The third-order valence-corrected chi connectivity index (χ3v) is 5.38. The van der Waals surface area contributed by atoms with Gasteiger partial charge in [0.1, 0.15) is 5.76 Å². The van der Waals surface area contributed by atoms with Gasteiger partial charge < -0.3 is 4.42 Å². The Balaban J connectivity index is 2.01. The van der Waals surface area contributed by atoms with Crippen molar-refractivity contribution in [2.24, 2.45) is 0 Å². The molecule has 1 aromatic carbocycles. The lowest BCUT2D eigenvalue weighted by Crippen LogP contribution is -2.28. The highest BCUT2D eigenvalue weighted by atomic mass is 32.2. The lowest BCUT2D eigenvalue weighted by atomic mass is 10.2. The Morgan fingerprint density at radius 2 is 1.95 bits per heavy atom. The fourth-order valence-electron chi connectivity index (χ4n) is 2.06. The molecule has 0 saturated carbocycles. The van der Waals surface area contributed by atoms with Gasteiger partial charge in [-0.1, -0.05) is 0 Å². The third-order valence-electron chi connectivity index (χ3n) is 3.67. The van der Waals surface area contributed by atoms with Crippen LogP contribution < -0.4 is 0 Å². The topological polar surface area (TPSA) is 74.3 Å². The molecule has 0 amide bonds. The van der Waals surface area contributed by atoms with E-state index in [1.54, 1.807) is 6.26 Å². The van der Waals surface area contributed by atoms with Crippen LogP contribution in [-0.4, -0.2) is 32.7 Å². The molecule has 0 fully saturated rings. The molecule has 0 spiro atoms. The maximum Gasteiger partial charge on any atom is 0.179 e. The summed E-state index contributed by atoms with van der Waals surface area (Å²) in [5.74, 6) is 0.818. The maximum absolute atomic E-state index is 12.3. The molecule has 5 nitrogen and oxygen atoms in total. The van der Waals surface area contributed by atoms with Gasteiger partial charge in [0, 0.05) is 6.54 Å². The van der Waals surface area contributed by atoms with Crippen molar-refractivity contribution in [1.82, 2.24) is 4.90 Å². The van der Waals surface area contributed by atoms with Crippen LogP contribution in [0.1, 0.15) is 24.3 Å². The van der Waals surface area contributed by atoms with Crippen molar-refractivity contribution in [3.05, 3.63) is 54.0 Å². The molecular formula is C16H18N2O3S. The van der Waals surface area contributed by atoms with Gasteiger partial charge in [0.25, 0.3) is 0 Å². The van der Waals surface area contributed by atoms with Crippen LogP contribution in [0.25, 0.3) is 0 Å². The fourth-order valence-corrected chi connectivity index (χ4v) is 3.37. The number of furan rings is 1. The van der Waals surface area contributed by atoms with Gasteiger partial charge in [-0.15, -0.1) is 0 Å². The highest BCUT2D eigenvalue weighted by Crippen LogP contribution is 2.19. The second kappa shape index (κ2) is 6.77. The Kier molecular flexibility index (Phi) is 5.01. The summed E-state index contributed by atoms with van der Waals surface area (Å²) < 4.78 is 30.0. The van der Waals surface area contributed by atoms with Crippen LogP contribution in [0.15, 0.2) is 52.0 Å². The first-order valence-electron chi connectivity index (χ1n) is 6.90. The summed E-state index contributed by atoms with van der Waals surface area (Å²) in [7, 11) is -1.50. The number of benzene rings is 1. The molecule has 0 saturated heterocycles. The predicted molar refractivity (Wildman–Crippen MR) is 83.0 cm³/mol. The number of nitriles is 1. The van der Waals surface area contributed by atoms with Crippen LogP contribution in [-0.2, 0) is 9.84 Å². The predicted octanol–water partition coefficient (Wildman–Crippen LogP) is 2.62. The second-order valence-electron chi connectivity index (χ2n) is 5.13. The van der Waals surface area contributed by atoms with Crippen molar-refractivity contribution in [3.8, 4) is 6.07 Å². The van der Waals surface area contributed by atoms with Crippen molar-refractivity contribution in [2.45, 2.75) is 17.9 Å². The monoisotopic (exact) mass is 318 g/mol. The van der Waals surface area contributed by atoms with Crippen molar-refractivity contribution in [1.29, 1.82) is 5.26 Å². The molecule has 0 aliphatic carbocycles. The molecule has 1 heterocycles. The van der Waals surface area contributed by atoms with Gasteiger partial charge in [-0.2, -0.15) is 5.26 Å². The first-order valence-corrected chi connectivity index (χ1v) is 8.56. The molecule has 0 bridgehead atoms.